The van der Waals surface area contributed by atoms with E-state index in [4.69, 9.17) is 0 Å². The van der Waals surface area contributed by atoms with E-state index in [1.165, 1.54) is 66.8 Å². The summed E-state index contributed by atoms with van der Waals surface area (Å²) in [5.41, 5.74) is 15.3. The summed E-state index contributed by atoms with van der Waals surface area (Å²) in [6, 6.07) is 23.3. The molecule has 52 heavy (non-hydrogen) atoms. The van der Waals surface area contributed by atoms with E-state index in [9.17, 15) is 0 Å². The first-order valence-corrected chi connectivity index (χ1v) is 18.9. The smallest absolute Gasteiger partial charge is 0.0260 e. The van der Waals surface area contributed by atoms with Gasteiger partial charge in [0, 0.05) is 18.0 Å². The summed E-state index contributed by atoms with van der Waals surface area (Å²) >= 11 is 0. The van der Waals surface area contributed by atoms with Gasteiger partial charge in [0.1, 0.15) is 0 Å². The molecule has 5 rings (SSSR count). The number of hydrogen-bond acceptors (Lipinski definition) is 1. The number of hydrogen-bond donors (Lipinski definition) is 0. The van der Waals surface area contributed by atoms with Crippen molar-refractivity contribution < 1.29 is 0 Å². The Bertz CT molecular complexity index is 2010. The van der Waals surface area contributed by atoms with Crippen LogP contribution in [0.4, 0.5) is 0 Å². The minimum Gasteiger partial charge on any atom is -0.273 e. The van der Waals surface area contributed by atoms with E-state index in [1.807, 2.05) is 18.2 Å². The van der Waals surface area contributed by atoms with Gasteiger partial charge in [0.25, 0.3) is 0 Å². The maximum absolute atomic E-state index is 3.94. The maximum Gasteiger partial charge on any atom is 0.0260 e. The zero-order chi connectivity index (χ0) is 36.9. The second-order valence-electron chi connectivity index (χ2n) is 14.1. The number of fused-ring (bicyclic) bond motifs is 1. The molecular formula is C51H55N. The van der Waals surface area contributed by atoms with Crippen LogP contribution in [0, 0.1) is 18.8 Å². The van der Waals surface area contributed by atoms with E-state index in [1.54, 1.807) is 6.20 Å². The quantitative estimate of drug-likeness (QED) is 0.112. The van der Waals surface area contributed by atoms with Gasteiger partial charge in [0.2, 0.25) is 0 Å². The van der Waals surface area contributed by atoms with Gasteiger partial charge in [-0.2, -0.15) is 0 Å². The maximum atomic E-state index is 3.94. The molecule has 0 aliphatic heterocycles. The number of aliphatic imine (C=N–C) groups is 1. The molecule has 2 aliphatic carbocycles. The van der Waals surface area contributed by atoms with Gasteiger partial charge in [-0.15, -0.1) is 0 Å². The highest BCUT2D eigenvalue weighted by Crippen LogP contribution is 2.39. The molecule has 0 N–H and O–H groups in total. The monoisotopic (exact) mass is 681 g/mol. The molecule has 0 saturated carbocycles. The van der Waals surface area contributed by atoms with Gasteiger partial charge in [-0.1, -0.05) is 162 Å². The number of aryl methyl sites for hydroxylation is 1. The molecule has 0 bridgehead atoms. The second-order valence-corrected chi connectivity index (χ2v) is 14.1. The van der Waals surface area contributed by atoms with Crippen LogP contribution >= 0.6 is 0 Å². The Morgan fingerprint density at radius 1 is 0.865 bits per heavy atom. The third-order valence-corrected chi connectivity index (χ3v) is 10.3. The van der Waals surface area contributed by atoms with E-state index < -0.39 is 0 Å². The van der Waals surface area contributed by atoms with Crippen molar-refractivity contribution in [2.45, 2.75) is 66.2 Å². The SMILES string of the molecule is C=C/C=C\C(=C/[C@@H](C)CC)c1cc(/C(C)=C/C=C\N=C)cc(-c2ccc(C)c(C/C(=C/CCC)c3ccc(C4C=CC=C5C=CC=CC54)cc3)c2)c1. The van der Waals surface area contributed by atoms with Gasteiger partial charge in [-0.05, 0) is 130 Å². The van der Waals surface area contributed by atoms with E-state index in [0.717, 1.165) is 25.7 Å². The first kappa shape index (κ1) is 38.0. The summed E-state index contributed by atoms with van der Waals surface area (Å²) in [4.78, 5) is 3.89. The van der Waals surface area contributed by atoms with Crippen molar-refractivity contribution in [2.75, 3.05) is 0 Å². The minimum atomic E-state index is 0.360. The van der Waals surface area contributed by atoms with Gasteiger partial charge < -0.3 is 0 Å². The first-order chi connectivity index (χ1) is 25.3. The lowest BCUT2D eigenvalue weighted by atomic mass is 9.76. The fraction of sp³-hybridized carbons (Fsp3) is 0.235. The topological polar surface area (TPSA) is 12.4 Å². The van der Waals surface area contributed by atoms with E-state index in [2.05, 4.69) is 180 Å². The van der Waals surface area contributed by atoms with Crippen molar-refractivity contribution in [1.29, 1.82) is 0 Å². The Kier molecular flexibility index (Phi) is 13.7. The molecule has 1 nitrogen and oxygen atoms in total. The lowest BCUT2D eigenvalue weighted by Gasteiger charge is -2.28. The Morgan fingerprint density at radius 2 is 1.65 bits per heavy atom. The van der Waals surface area contributed by atoms with Gasteiger partial charge in [0.05, 0.1) is 0 Å². The molecule has 1 heteroatoms. The number of benzene rings is 3. The number of unbranched alkanes of at least 4 members (excludes halogenated alkanes) is 1. The molecule has 2 unspecified atom stereocenters. The zero-order valence-electron chi connectivity index (χ0n) is 31.9. The summed E-state index contributed by atoms with van der Waals surface area (Å²) in [7, 11) is 0. The number of rotatable bonds is 15. The standard InChI is InChI=1S/C51H55N/c1-8-11-18-43(31-37(4)10-3)48-34-47(38(5)17-16-30-52-7)35-49(36-48)45-25-24-39(6)46(33-45)32-44(19-12-9-2)40-26-28-42(29-27-40)51-23-15-21-41-20-13-14-22-50(41)51/h8,11,13-31,33-37,50-51H,1,7,9-10,12,32H2,2-6H3/b18-11-,30-16-,38-17+,43-31+,44-19-/t37-,50?,51?/m0/s1. The van der Waals surface area contributed by atoms with Crippen molar-refractivity contribution in [3.63, 3.8) is 0 Å². The van der Waals surface area contributed by atoms with Crippen LogP contribution in [0.25, 0.3) is 27.8 Å². The van der Waals surface area contributed by atoms with Crippen LogP contribution in [0.3, 0.4) is 0 Å². The normalized spacial score (nSPS) is 18.2. The first-order valence-electron chi connectivity index (χ1n) is 18.9. The summed E-state index contributed by atoms with van der Waals surface area (Å²) in [5, 5.41) is 0. The van der Waals surface area contributed by atoms with Gasteiger partial charge in [-0.25, -0.2) is 0 Å². The van der Waals surface area contributed by atoms with Crippen LogP contribution in [-0.2, 0) is 6.42 Å². The Hall–Kier alpha value is -5.27. The Labute approximate surface area is 314 Å². The van der Waals surface area contributed by atoms with Crippen LogP contribution in [-0.4, -0.2) is 6.72 Å². The summed E-state index contributed by atoms with van der Waals surface area (Å²) in [6.07, 6.45) is 36.5. The fourth-order valence-electron chi connectivity index (χ4n) is 6.94. The highest BCUT2D eigenvalue weighted by atomic mass is 14.6. The molecule has 0 heterocycles. The van der Waals surface area contributed by atoms with Gasteiger partial charge >= 0.3 is 0 Å². The summed E-state index contributed by atoms with van der Waals surface area (Å²) in [5.74, 6) is 1.22. The van der Waals surface area contributed by atoms with Crippen molar-refractivity contribution in [2.24, 2.45) is 16.8 Å². The second kappa shape index (κ2) is 18.8. The molecule has 0 fully saturated rings. The lowest BCUT2D eigenvalue weighted by Crippen LogP contribution is -2.14. The summed E-state index contributed by atoms with van der Waals surface area (Å²) < 4.78 is 0. The average Bonchev–Trinajstić information content (AvgIpc) is 3.18. The van der Waals surface area contributed by atoms with E-state index in [0.29, 0.717) is 17.8 Å². The van der Waals surface area contributed by atoms with Crippen molar-refractivity contribution in [1.82, 2.24) is 0 Å². The predicted octanol–water partition coefficient (Wildman–Crippen LogP) is 14.2. The molecule has 0 saturated heterocycles. The average molecular weight is 682 g/mol. The van der Waals surface area contributed by atoms with E-state index in [-0.39, 0.29) is 0 Å². The van der Waals surface area contributed by atoms with Crippen molar-refractivity contribution >= 4 is 23.4 Å². The molecule has 264 valence electrons. The molecule has 0 amide bonds. The van der Waals surface area contributed by atoms with Gasteiger partial charge in [-0.3, -0.25) is 4.99 Å². The number of nitrogens with zero attached hydrogens (tertiary/aromatic N) is 1. The molecule has 3 aromatic rings. The zero-order valence-corrected chi connectivity index (χ0v) is 31.9. The van der Waals surface area contributed by atoms with Crippen molar-refractivity contribution in [3.05, 3.63) is 197 Å². The Morgan fingerprint density at radius 3 is 2.40 bits per heavy atom. The highest BCUT2D eigenvalue weighted by Gasteiger charge is 2.24. The molecule has 0 spiro atoms. The van der Waals surface area contributed by atoms with Crippen LogP contribution in [0.15, 0.2) is 169 Å². The minimum absolute atomic E-state index is 0.360. The largest absolute Gasteiger partial charge is 0.273 e. The number of allylic oxidation sites excluding steroid dienone is 18. The highest BCUT2D eigenvalue weighted by molar-refractivity contribution is 5.83. The molecule has 0 radical (unpaired) electrons. The van der Waals surface area contributed by atoms with Crippen LogP contribution in [0.1, 0.15) is 86.3 Å². The fourth-order valence-corrected chi connectivity index (χ4v) is 6.94. The molecule has 3 atom stereocenters. The molecule has 2 aliphatic rings. The molecule has 0 aromatic heterocycles. The van der Waals surface area contributed by atoms with Gasteiger partial charge in [0.15, 0.2) is 0 Å². The van der Waals surface area contributed by atoms with E-state index >= 15 is 0 Å². The predicted molar refractivity (Wildman–Crippen MR) is 230 cm³/mol. The van der Waals surface area contributed by atoms with Crippen LogP contribution < -0.4 is 0 Å². The van der Waals surface area contributed by atoms with Crippen LogP contribution in [0.2, 0.25) is 0 Å². The van der Waals surface area contributed by atoms with Crippen molar-refractivity contribution in [3.8, 4) is 11.1 Å². The third-order valence-electron chi connectivity index (χ3n) is 10.3. The Balaban J connectivity index is 1.52. The molecular weight excluding hydrogens is 627 g/mol. The summed E-state index contributed by atoms with van der Waals surface area (Å²) in [6.45, 7) is 18.7. The molecule has 3 aromatic carbocycles. The lowest BCUT2D eigenvalue weighted by molar-refractivity contribution is 0.670. The third kappa shape index (κ3) is 9.74. The van der Waals surface area contributed by atoms with Crippen LogP contribution in [0.5, 0.6) is 0 Å².